The van der Waals surface area contributed by atoms with Gasteiger partial charge in [0.05, 0.1) is 0 Å². The number of hydrogen-bond donors (Lipinski definition) is 1. The Morgan fingerprint density at radius 3 is 2.56 bits per heavy atom. The first kappa shape index (κ1) is 13.4. The zero-order chi connectivity index (χ0) is 12.8. The van der Waals surface area contributed by atoms with E-state index >= 15 is 0 Å². The lowest BCUT2D eigenvalue weighted by molar-refractivity contribution is 0.685. The molecule has 2 aromatic rings. The summed E-state index contributed by atoms with van der Waals surface area (Å²) in [4.78, 5) is 0. The van der Waals surface area contributed by atoms with E-state index in [1.165, 1.54) is 42.1 Å². The second-order valence-electron chi connectivity index (χ2n) is 4.69. The van der Waals surface area contributed by atoms with Crippen molar-refractivity contribution in [3.05, 3.63) is 40.9 Å². The average molecular weight is 306 g/mol. The molecule has 0 atom stereocenters. The van der Waals surface area contributed by atoms with Crippen molar-refractivity contribution in [1.29, 1.82) is 0 Å². The van der Waals surface area contributed by atoms with Gasteiger partial charge in [-0.05, 0) is 41.5 Å². The molecule has 0 aliphatic heterocycles. The Morgan fingerprint density at radius 2 is 1.72 bits per heavy atom. The topological polar surface area (TPSA) is 12.0 Å². The second kappa shape index (κ2) is 6.79. The van der Waals surface area contributed by atoms with Gasteiger partial charge in [-0.25, -0.2) is 0 Å². The molecule has 0 aliphatic rings. The van der Waals surface area contributed by atoms with Gasteiger partial charge in [0.15, 0.2) is 0 Å². The molecule has 0 aliphatic carbocycles. The lowest BCUT2D eigenvalue weighted by Crippen LogP contribution is -2.00. The smallest absolute Gasteiger partial charge is 0.0346 e. The Kier molecular flexibility index (Phi) is 5.06. The highest BCUT2D eigenvalue weighted by molar-refractivity contribution is 9.10. The molecule has 0 spiro atoms. The summed E-state index contributed by atoms with van der Waals surface area (Å²) < 4.78 is 1.13. The molecule has 0 unspecified atom stereocenters. The highest BCUT2D eigenvalue weighted by atomic mass is 79.9. The Labute approximate surface area is 118 Å². The van der Waals surface area contributed by atoms with Crippen LogP contribution in [-0.2, 0) is 0 Å². The van der Waals surface area contributed by atoms with E-state index in [0.717, 1.165) is 11.0 Å². The SMILES string of the molecule is CCCCCCNc1ccc2cc(Br)ccc2c1. The Bertz CT molecular complexity index is 507. The van der Waals surface area contributed by atoms with Crippen molar-refractivity contribution in [3.63, 3.8) is 0 Å². The van der Waals surface area contributed by atoms with Crippen LogP contribution in [0.1, 0.15) is 32.6 Å². The van der Waals surface area contributed by atoms with Gasteiger partial charge in [0.2, 0.25) is 0 Å². The van der Waals surface area contributed by atoms with Crippen LogP contribution in [0, 0.1) is 0 Å². The van der Waals surface area contributed by atoms with Gasteiger partial charge in [-0.1, -0.05) is 54.2 Å². The lowest BCUT2D eigenvalue weighted by atomic mass is 10.1. The molecule has 0 bridgehead atoms. The van der Waals surface area contributed by atoms with Gasteiger partial charge in [-0.15, -0.1) is 0 Å². The standard InChI is InChI=1S/C16H20BrN/c1-2-3-4-5-10-18-16-9-7-13-11-15(17)8-6-14(13)12-16/h6-9,11-12,18H,2-5,10H2,1H3. The summed E-state index contributed by atoms with van der Waals surface area (Å²) in [5, 5.41) is 6.07. The normalized spacial score (nSPS) is 10.8. The predicted molar refractivity (Wildman–Crippen MR) is 84.3 cm³/mol. The molecule has 2 aromatic carbocycles. The minimum Gasteiger partial charge on any atom is -0.385 e. The summed E-state index contributed by atoms with van der Waals surface area (Å²) in [5.41, 5.74) is 1.22. The number of halogens is 1. The second-order valence-corrected chi connectivity index (χ2v) is 5.61. The molecule has 0 fully saturated rings. The minimum absolute atomic E-state index is 1.07. The van der Waals surface area contributed by atoms with Crippen molar-refractivity contribution in [3.8, 4) is 0 Å². The summed E-state index contributed by atoms with van der Waals surface area (Å²) in [5.74, 6) is 0. The molecular formula is C16H20BrN. The third kappa shape index (κ3) is 3.74. The van der Waals surface area contributed by atoms with Gasteiger partial charge < -0.3 is 5.32 Å². The maximum atomic E-state index is 3.50. The molecule has 96 valence electrons. The highest BCUT2D eigenvalue weighted by Gasteiger charge is 1.97. The minimum atomic E-state index is 1.07. The fourth-order valence-electron chi connectivity index (χ4n) is 2.11. The summed E-state index contributed by atoms with van der Waals surface area (Å²) in [6.45, 7) is 3.32. The van der Waals surface area contributed by atoms with E-state index in [0.29, 0.717) is 0 Å². The van der Waals surface area contributed by atoms with Crippen molar-refractivity contribution in [2.75, 3.05) is 11.9 Å². The summed E-state index contributed by atoms with van der Waals surface area (Å²) in [7, 11) is 0. The summed E-state index contributed by atoms with van der Waals surface area (Å²) >= 11 is 3.50. The van der Waals surface area contributed by atoms with Crippen molar-refractivity contribution >= 4 is 32.4 Å². The number of benzene rings is 2. The van der Waals surface area contributed by atoms with Crippen LogP contribution in [0.2, 0.25) is 0 Å². The highest BCUT2D eigenvalue weighted by Crippen LogP contribution is 2.22. The van der Waals surface area contributed by atoms with Gasteiger partial charge in [-0.3, -0.25) is 0 Å². The van der Waals surface area contributed by atoms with E-state index in [-0.39, 0.29) is 0 Å². The number of nitrogens with one attached hydrogen (secondary N) is 1. The number of hydrogen-bond acceptors (Lipinski definition) is 1. The quantitative estimate of drug-likeness (QED) is 0.685. The molecule has 0 aromatic heterocycles. The first-order chi connectivity index (χ1) is 8.79. The van der Waals surface area contributed by atoms with Crippen LogP contribution in [0.4, 0.5) is 5.69 Å². The molecular weight excluding hydrogens is 286 g/mol. The van der Waals surface area contributed by atoms with E-state index in [9.17, 15) is 0 Å². The van der Waals surface area contributed by atoms with Gasteiger partial charge in [-0.2, -0.15) is 0 Å². The molecule has 1 N–H and O–H groups in total. The number of unbranched alkanes of at least 4 members (excludes halogenated alkanes) is 3. The fraction of sp³-hybridized carbons (Fsp3) is 0.375. The van der Waals surface area contributed by atoms with E-state index in [1.807, 2.05) is 0 Å². The van der Waals surface area contributed by atoms with E-state index in [4.69, 9.17) is 0 Å². The van der Waals surface area contributed by atoms with Crippen LogP contribution in [0.15, 0.2) is 40.9 Å². The van der Waals surface area contributed by atoms with Crippen LogP contribution in [0.5, 0.6) is 0 Å². The molecule has 2 rings (SSSR count). The Balaban J connectivity index is 1.95. The first-order valence-electron chi connectivity index (χ1n) is 6.73. The van der Waals surface area contributed by atoms with Crippen molar-refractivity contribution in [1.82, 2.24) is 0 Å². The van der Waals surface area contributed by atoms with Crippen LogP contribution in [0.25, 0.3) is 10.8 Å². The molecule has 0 heterocycles. The average Bonchev–Trinajstić information content (AvgIpc) is 2.38. The first-order valence-corrected chi connectivity index (χ1v) is 7.52. The molecule has 0 amide bonds. The van der Waals surface area contributed by atoms with Crippen LogP contribution in [0.3, 0.4) is 0 Å². The lowest BCUT2D eigenvalue weighted by Gasteiger charge is -2.07. The Morgan fingerprint density at radius 1 is 0.944 bits per heavy atom. The van der Waals surface area contributed by atoms with E-state index in [2.05, 4.69) is 64.6 Å². The van der Waals surface area contributed by atoms with E-state index < -0.39 is 0 Å². The van der Waals surface area contributed by atoms with Crippen LogP contribution < -0.4 is 5.32 Å². The van der Waals surface area contributed by atoms with Gasteiger partial charge >= 0.3 is 0 Å². The fourth-order valence-corrected chi connectivity index (χ4v) is 2.49. The van der Waals surface area contributed by atoms with E-state index in [1.54, 1.807) is 0 Å². The predicted octanol–water partition coefficient (Wildman–Crippen LogP) is 5.59. The summed E-state index contributed by atoms with van der Waals surface area (Å²) in [6, 6.07) is 13.0. The number of fused-ring (bicyclic) bond motifs is 1. The van der Waals surface area contributed by atoms with Gasteiger partial charge in [0, 0.05) is 16.7 Å². The molecule has 18 heavy (non-hydrogen) atoms. The third-order valence-corrected chi connectivity index (χ3v) is 3.65. The zero-order valence-corrected chi connectivity index (χ0v) is 12.5. The number of anilines is 1. The molecule has 0 saturated carbocycles. The maximum Gasteiger partial charge on any atom is 0.0346 e. The van der Waals surface area contributed by atoms with Crippen LogP contribution in [-0.4, -0.2) is 6.54 Å². The van der Waals surface area contributed by atoms with Gasteiger partial charge in [0.25, 0.3) is 0 Å². The largest absolute Gasteiger partial charge is 0.385 e. The third-order valence-electron chi connectivity index (χ3n) is 3.16. The monoisotopic (exact) mass is 305 g/mol. The van der Waals surface area contributed by atoms with Crippen LogP contribution >= 0.6 is 15.9 Å². The summed E-state index contributed by atoms with van der Waals surface area (Å²) in [6.07, 6.45) is 5.22. The molecule has 1 nitrogen and oxygen atoms in total. The number of rotatable bonds is 6. The molecule has 0 saturated heterocycles. The zero-order valence-electron chi connectivity index (χ0n) is 10.9. The Hall–Kier alpha value is -1.02. The van der Waals surface area contributed by atoms with Gasteiger partial charge in [0.1, 0.15) is 0 Å². The van der Waals surface area contributed by atoms with Crippen molar-refractivity contribution < 1.29 is 0 Å². The molecule has 0 radical (unpaired) electrons. The molecule has 2 heteroatoms. The maximum absolute atomic E-state index is 3.50. The van der Waals surface area contributed by atoms with Crippen molar-refractivity contribution in [2.45, 2.75) is 32.6 Å². The van der Waals surface area contributed by atoms with Crippen molar-refractivity contribution in [2.24, 2.45) is 0 Å².